The van der Waals surface area contributed by atoms with E-state index in [1.807, 2.05) is 18.2 Å². The number of aromatic nitrogens is 2. The highest BCUT2D eigenvalue weighted by atomic mass is 16.7. The molecule has 0 saturated heterocycles. The van der Waals surface area contributed by atoms with E-state index in [-0.39, 0.29) is 5.91 Å². The molecule has 1 aromatic heterocycles. The predicted octanol–water partition coefficient (Wildman–Crippen LogP) is 2.74. The van der Waals surface area contributed by atoms with E-state index in [1.165, 1.54) is 6.42 Å². The van der Waals surface area contributed by atoms with Gasteiger partial charge >= 0.3 is 0 Å². The lowest BCUT2D eigenvalue weighted by molar-refractivity contribution is -0.105. The Labute approximate surface area is 151 Å². The largest absolute Gasteiger partial charge is 0.448 e. The first kappa shape index (κ1) is 15.7. The maximum Gasteiger partial charge on any atom is 0.276 e. The van der Waals surface area contributed by atoms with E-state index in [9.17, 15) is 4.79 Å². The number of fused-ring (bicyclic) bond motifs is 2. The molecule has 3 heterocycles. The number of rotatable bonds is 2. The lowest BCUT2D eigenvalue weighted by Crippen LogP contribution is -2.40. The Balaban J connectivity index is 1.34. The molecule has 5 rings (SSSR count). The molecule has 0 bridgehead atoms. The smallest absolute Gasteiger partial charge is 0.276 e. The molecule has 7 nitrogen and oxygen atoms in total. The Morgan fingerprint density at radius 2 is 2.00 bits per heavy atom. The number of nitrogens with one attached hydrogen (secondary N) is 3. The summed E-state index contributed by atoms with van der Waals surface area (Å²) in [5, 5.41) is 13.4. The first-order valence-corrected chi connectivity index (χ1v) is 9.33. The maximum absolute atomic E-state index is 12.6. The van der Waals surface area contributed by atoms with Gasteiger partial charge in [0.25, 0.3) is 11.7 Å². The fraction of sp³-hybridized carbons (Fsp3) is 0.474. The summed E-state index contributed by atoms with van der Waals surface area (Å²) < 4.78 is 12.2. The average molecular weight is 354 g/mol. The zero-order chi connectivity index (χ0) is 17.6. The Morgan fingerprint density at radius 3 is 2.88 bits per heavy atom. The molecule has 1 aromatic carbocycles. The SMILES string of the molecule is O=C(Nc1ccc2c(c1)OC1(CCCCC1)O2)c1n[nH]c2c1CNCC2. The highest BCUT2D eigenvalue weighted by Crippen LogP contribution is 2.46. The van der Waals surface area contributed by atoms with Gasteiger partial charge in [-0.15, -0.1) is 0 Å². The van der Waals surface area contributed by atoms with E-state index in [0.29, 0.717) is 23.7 Å². The van der Waals surface area contributed by atoms with Crippen LogP contribution in [0.1, 0.15) is 53.8 Å². The Kier molecular flexibility index (Phi) is 3.63. The number of H-pyrrole nitrogens is 1. The number of carbonyl (C=O) groups excluding carboxylic acids is 1. The summed E-state index contributed by atoms with van der Waals surface area (Å²) in [5.41, 5.74) is 3.13. The van der Waals surface area contributed by atoms with E-state index in [0.717, 1.165) is 55.7 Å². The van der Waals surface area contributed by atoms with Crippen molar-refractivity contribution in [3.05, 3.63) is 35.2 Å². The molecule has 3 aliphatic rings. The van der Waals surface area contributed by atoms with Crippen LogP contribution in [0.5, 0.6) is 11.5 Å². The van der Waals surface area contributed by atoms with Crippen molar-refractivity contribution >= 4 is 11.6 Å². The van der Waals surface area contributed by atoms with Crippen LogP contribution in [0, 0.1) is 0 Å². The van der Waals surface area contributed by atoms with Crippen LogP contribution in [0.4, 0.5) is 5.69 Å². The summed E-state index contributed by atoms with van der Waals surface area (Å²) in [7, 11) is 0. The van der Waals surface area contributed by atoms with Gasteiger partial charge in [0.2, 0.25) is 0 Å². The van der Waals surface area contributed by atoms with E-state index >= 15 is 0 Å². The molecule has 2 aromatic rings. The molecule has 0 radical (unpaired) electrons. The number of ether oxygens (including phenoxy) is 2. The van der Waals surface area contributed by atoms with E-state index in [2.05, 4.69) is 20.8 Å². The third kappa shape index (κ3) is 2.63. The third-order valence-electron chi connectivity index (χ3n) is 5.43. The second kappa shape index (κ2) is 6.02. The van der Waals surface area contributed by atoms with Crippen LogP contribution < -0.4 is 20.1 Å². The van der Waals surface area contributed by atoms with Crippen molar-refractivity contribution in [2.45, 2.75) is 50.9 Å². The van der Waals surface area contributed by atoms with Crippen LogP contribution in [0.3, 0.4) is 0 Å². The van der Waals surface area contributed by atoms with Crippen LogP contribution in [0.15, 0.2) is 18.2 Å². The highest BCUT2D eigenvalue weighted by molar-refractivity contribution is 6.04. The van der Waals surface area contributed by atoms with Crippen LogP contribution in [-0.4, -0.2) is 28.4 Å². The summed E-state index contributed by atoms with van der Waals surface area (Å²) in [5.74, 6) is 0.745. The number of hydrogen-bond acceptors (Lipinski definition) is 5. The monoisotopic (exact) mass is 354 g/mol. The maximum atomic E-state index is 12.6. The summed E-state index contributed by atoms with van der Waals surface area (Å²) in [6.45, 7) is 1.57. The predicted molar refractivity (Wildman–Crippen MR) is 95.5 cm³/mol. The van der Waals surface area contributed by atoms with Gasteiger partial charge in [0.1, 0.15) is 0 Å². The quantitative estimate of drug-likeness (QED) is 0.772. The van der Waals surface area contributed by atoms with Crippen molar-refractivity contribution in [3.8, 4) is 11.5 Å². The molecular weight excluding hydrogens is 332 g/mol. The average Bonchev–Trinajstić information content (AvgIpc) is 3.23. The second-order valence-electron chi connectivity index (χ2n) is 7.25. The Hall–Kier alpha value is -2.54. The van der Waals surface area contributed by atoms with Gasteiger partial charge in [-0.05, 0) is 25.0 Å². The molecule has 1 aliphatic carbocycles. The number of amides is 1. The van der Waals surface area contributed by atoms with Crippen LogP contribution in [-0.2, 0) is 13.0 Å². The van der Waals surface area contributed by atoms with Gasteiger partial charge in [-0.25, -0.2) is 0 Å². The lowest BCUT2D eigenvalue weighted by atomic mass is 9.94. The van der Waals surface area contributed by atoms with Gasteiger partial charge < -0.3 is 20.1 Å². The van der Waals surface area contributed by atoms with Gasteiger partial charge in [0.05, 0.1) is 0 Å². The van der Waals surface area contributed by atoms with Crippen molar-refractivity contribution < 1.29 is 14.3 Å². The van der Waals surface area contributed by atoms with Crippen molar-refractivity contribution in [2.75, 3.05) is 11.9 Å². The van der Waals surface area contributed by atoms with Crippen LogP contribution in [0.25, 0.3) is 0 Å². The minimum Gasteiger partial charge on any atom is -0.448 e. The molecule has 3 N–H and O–H groups in total. The molecule has 1 amide bonds. The standard InChI is InChI=1S/C19H22N4O3/c24-18(17-13-11-20-9-6-14(13)22-23-17)21-12-4-5-15-16(10-12)26-19(25-15)7-2-1-3-8-19/h4-5,10,20H,1-3,6-9,11H2,(H,21,24)(H,22,23). The van der Waals surface area contributed by atoms with E-state index in [1.54, 1.807) is 0 Å². The minimum absolute atomic E-state index is 0.211. The normalized spacial score (nSPS) is 20.0. The minimum atomic E-state index is -0.504. The lowest BCUT2D eigenvalue weighted by Gasteiger charge is -2.31. The Bertz CT molecular complexity index is 854. The molecule has 0 atom stereocenters. The van der Waals surface area contributed by atoms with Crippen molar-refractivity contribution in [1.29, 1.82) is 0 Å². The molecule has 1 spiro atoms. The zero-order valence-electron chi connectivity index (χ0n) is 14.6. The number of anilines is 1. The molecule has 1 saturated carbocycles. The molecule has 0 unspecified atom stereocenters. The van der Waals surface area contributed by atoms with Gasteiger partial charge in [-0.1, -0.05) is 6.42 Å². The van der Waals surface area contributed by atoms with Crippen molar-refractivity contribution in [3.63, 3.8) is 0 Å². The van der Waals surface area contributed by atoms with Crippen molar-refractivity contribution in [2.24, 2.45) is 0 Å². The summed E-state index contributed by atoms with van der Waals surface area (Å²) in [6.07, 6.45) is 6.16. The second-order valence-corrected chi connectivity index (χ2v) is 7.25. The topological polar surface area (TPSA) is 88.3 Å². The number of hydrogen-bond donors (Lipinski definition) is 3. The summed E-state index contributed by atoms with van der Waals surface area (Å²) in [6, 6.07) is 5.56. The van der Waals surface area contributed by atoms with Gasteiger partial charge in [-0.3, -0.25) is 9.89 Å². The van der Waals surface area contributed by atoms with E-state index < -0.39 is 5.79 Å². The van der Waals surface area contributed by atoms with Gasteiger partial charge in [0, 0.05) is 55.4 Å². The van der Waals surface area contributed by atoms with Gasteiger partial charge in [0.15, 0.2) is 17.2 Å². The molecule has 136 valence electrons. The number of carbonyl (C=O) groups is 1. The molecule has 2 aliphatic heterocycles. The fourth-order valence-electron chi connectivity index (χ4n) is 4.07. The first-order chi connectivity index (χ1) is 12.7. The molecule has 26 heavy (non-hydrogen) atoms. The van der Waals surface area contributed by atoms with Crippen LogP contribution >= 0.6 is 0 Å². The molecule has 1 fully saturated rings. The number of nitrogens with zero attached hydrogens (tertiary/aromatic N) is 1. The first-order valence-electron chi connectivity index (χ1n) is 9.33. The van der Waals surface area contributed by atoms with Crippen LogP contribution in [0.2, 0.25) is 0 Å². The molecular formula is C19H22N4O3. The van der Waals surface area contributed by atoms with Gasteiger partial charge in [-0.2, -0.15) is 5.10 Å². The molecule has 7 heteroatoms. The number of benzene rings is 1. The zero-order valence-corrected chi connectivity index (χ0v) is 14.6. The summed E-state index contributed by atoms with van der Waals surface area (Å²) in [4.78, 5) is 12.6. The van der Waals surface area contributed by atoms with Crippen molar-refractivity contribution in [1.82, 2.24) is 15.5 Å². The third-order valence-corrected chi connectivity index (χ3v) is 5.43. The van der Waals surface area contributed by atoms with E-state index in [4.69, 9.17) is 9.47 Å². The summed E-state index contributed by atoms with van der Waals surface area (Å²) >= 11 is 0. The fourth-order valence-corrected chi connectivity index (χ4v) is 4.07. The highest BCUT2D eigenvalue weighted by Gasteiger charge is 2.42. The Morgan fingerprint density at radius 1 is 1.15 bits per heavy atom. The number of aromatic amines is 1.